The highest BCUT2D eigenvalue weighted by molar-refractivity contribution is 8.02. The van der Waals surface area contributed by atoms with Gasteiger partial charge in [0, 0.05) is 25.0 Å². The fraction of sp³-hybridized carbons (Fsp3) is 0.360. The summed E-state index contributed by atoms with van der Waals surface area (Å²) in [6.07, 6.45) is 1.43. The van der Waals surface area contributed by atoms with E-state index < -0.39 is 10.0 Å². The summed E-state index contributed by atoms with van der Waals surface area (Å²) < 4.78 is 33.7. The number of fused-ring (bicyclic) bond motifs is 1. The van der Waals surface area contributed by atoms with Crippen molar-refractivity contribution in [3.63, 3.8) is 0 Å². The van der Waals surface area contributed by atoms with E-state index in [0.29, 0.717) is 62.1 Å². The minimum absolute atomic E-state index is 0.0322. The number of imidazole rings is 1. The van der Waals surface area contributed by atoms with Crippen molar-refractivity contribution in [2.75, 3.05) is 32.8 Å². The number of H-pyrrole nitrogens is 1. The molecule has 1 fully saturated rings. The Morgan fingerprint density at radius 3 is 2.73 bits per heavy atom. The van der Waals surface area contributed by atoms with Crippen molar-refractivity contribution in [2.24, 2.45) is 0 Å². The summed E-state index contributed by atoms with van der Waals surface area (Å²) >= 11 is 1.61. The molecule has 0 radical (unpaired) electrons. The quantitative estimate of drug-likeness (QED) is 0.249. The summed E-state index contributed by atoms with van der Waals surface area (Å²) in [5, 5.41) is 8.16. The van der Waals surface area contributed by atoms with Crippen molar-refractivity contribution in [1.29, 1.82) is 0 Å². The van der Waals surface area contributed by atoms with E-state index in [1.165, 1.54) is 4.31 Å². The van der Waals surface area contributed by atoms with Gasteiger partial charge in [-0.15, -0.1) is 11.8 Å². The van der Waals surface area contributed by atoms with E-state index in [0.717, 1.165) is 29.8 Å². The number of aromatic nitrogens is 2. The van der Waals surface area contributed by atoms with Gasteiger partial charge in [0.15, 0.2) is 0 Å². The third-order valence-corrected chi connectivity index (χ3v) is 9.56. The van der Waals surface area contributed by atoms with E-state index in [1.807, 2.05) is 41.8 Å². The van der Waals surface area contributed by atoms with E-state index in [1.54, 1.807) is 23.9 Å². The molecule has 5 rings (SSSR count). The van der Waals surface area contributed by atoms with Gasteiger partial charge < -0.3 is 25.3 Å². The predicted molar refractivity (Wildman–Crippen MR) is 143 cm³/mol. The number of ether oxygens (including phenoxy) is 1. The maximum absolute atomic E-state index is 13.4. The molecule has 2 aromatic carbocycles. The molecule has 1 aromatic heterocycles. The SMILES string of the molecule is O=CNC1=CSC(CCNCc2nc3ccccc3[nH]2)N1Cc1ccccc1S(=O)(=O)N1CCOCC1. The molecule has 2 aliphatic rings. The zero-order valence-corrected chi connectivity index (χ0v) is 21.9. The monoisotopic (exact) mass is 542 g/mol. The van der Waals surface area contributed by atoms with Gasteiger partial charge in [0.05, 0.1) is 41.1 Å². The van der Waals surface area contributed by atoms with Crippen LogP contribution in [0.25, 0.3) is 11.0 Å². The third kappa shape index (κ3) is 5.83. The second kappa shape index (κ2) is 11.7. The lowest BCUT2D eigenvalue weighted by molar-refractivity contribution is -0.109. The molecule has 1 saturated heterocycles. The molecule has 3 heterocycles. The lowest BCUT2D eigenvalue weighted by atomic mass is 10.2. The average Bonchev–Trinajstić information content (AvgIpc) is 3.51. The highest BCUT2D eigenvalue weighted by Gasteiger charge is 2.31. The molecule has 1 unspecified atom stereocenters. The molecule has 2 aliphatic heterocycles. The number of benzene rings is 2. The number of hydrogen-bond donors (Lipinski definition) is 3. The van der Waals surface area contributed by atoms with Crippen LogP contribution in [0.3, 0.4) is 0 Å². The Hall–Kier alpha value is -2.90. The van der Waals surface area contributed by atoms with Crippen LogP contribution in [0.15, 0.2) is 64.7 Å². The van der Waals surface area contributed by atoms with E-state index in [2.05, 4.69) is 25.5 Å². The number of carbonyl (C=O) groups is 1. The minimum Gasteiger partial charge on any atom is -0.379 e. The number of nitrogens with zero attached hydrogens (tertiary/aromatic N) is 3. The molecule has 3 aromatic rings. The highest BCUT2D eigenvalue weighted by Crippen LogP contribution is 2.34. The van der Waals surface area contributed by atoms with Gasteiger partial charge in [0.1, 0.15) is 11.6 Å². The first kappa shape index (κ1) is 25.7. The molecular formula is C25H30N6O4S2. The lowest BCUT2D eigenvalue weighted by Crippen LogP contribution is -2.41. The zero-order chi connectivity index (χ0) is 25.7. The molecule has 12 heteroatoms. The Kier molecular flexibility index (Phi) is 8.11. The normalized spacial score (nSPS) is 18.8. The molecule has 1 amide bonds. The van der Waals surface area contributed by atoms with Crippen LogP contribution in [-0.4, -0.2) is 72.2 Å². The Labute approximate surface area is 220 Å². The molecular weight excluding hydrogens is 512 g/mol. The van der Waals surface area contributed by atoms with Gasteiger partial charge in [0.25, 0.3) is 0 Å². The Morgan fingerprint density at radius 2 is 1.92 bits per heavy atom. The largest absolute Gasteiger partial charge is 0.379 e. The number of amides is 1. The highest BCUT2D eigenvalue weighted by atomic mass is 32.2. The second-order valence-electron chi connectivity index (χ2n) is 8.77. The number of rotatable bonds is 11. The Balaban J connectivity index is 1.26. The molecule has 0 aliphatic carbocycles. The maximum atomic E-state index is 13.4. The molecule has 196 valence electrons. The number of morpholine rings is 1. The van der Waals surface area contributed by atoms with Gasteiger partial charge in [-0.05, 0) is 36.7 Å². The first-order valence-electron chi connectivity index (χ1n) is 12.2. The van der Waals surface area contributed by atoms with Crippen molar-refractivity contribution >= 4 is 39.2 Å². The van der Waals surface area contributed by atoms with E-state index in [9.17, 15) is 13.2 Å². The summed E-state index contributed by atoms with van der Waals surface area (Å²) in [4.78, 5) is 21.5. The molecule has 37 heavy (non-hydrogen) atoms. The van der Waals surface area contributed by atoms with Crippen LogP contribution >= 0.6 is 11.8 Å². The van der Waals surface area contributed by atoms with Gasteiger partial charge in [0.2, 0.25) is 16.4 Å². The van der Waals surface area contributed by atoms with Crippen LogP contribution in [-0.2, 0) is 32.6 Å². The first-order chi connectivity index (χ1) is 18.1. The number of nitrogens with one attached hydrogen (secondary N) is 3. The Bertz CT molecular complexity index is 1340. The van der Waals surface area contributed by atoms with Gasteiger partial charge in [-0.2, -0.15) is 4.31 Å². The summed E-state index contributed by atoms with van der Waals surface area (Å²) in [5.74, 6) is 1.54. The van der Waals surface area contributed by atoms with Gasteiger partial charge in [-0.1, -0.05) is 30.3 Å². The number of thioether (sulfide) groups is 1. The molecule has 10 nitrogen and oxygen atoms in total. The van der Waals surface area contributed by atoms with E-state index >= 15 is 0 Å². The van der Waals surface area contributed by atoms with Crippen LogP contribution in [0, 0.1) is 0 Å². The first-order valence-corrected chi connectivity index (χ1v) is 14.6. The summed E-state index contributed by atoms with van der Waals surface area (Å²) in [5.41, 5.74) is 2.64. The minimum atomic E-state index is -3.66. The number of sulfonamides is 1. The third-order valence-electron chi connectivity index (χ3n) is 6.40. The van der Waals surface area contributed by atoms with Gasteiger partial charge in [-0.3, -0.25) is 4.79 Å². The smallest absolute Gasteiger partial charge is 0.243 e. The van der Waals surface area contributed by atoms with Crippen LogP contribution < -0.4 is 10.6 Å². The molecule has 0 spiro atoms. The van der Waals surface area contributed by atoms with E-state index in [-0.39, 0.29) is 5.37 Å². The molecule has 1 atom stereocenters. The molecule has 0 bridgehead atoms. The van der Waals surface area contributed by atoms with Gasteiger partial charge in [-0.25, -0.2) is 13.4 Å². The van der Waals surface area contributed by atoms with Crippen LogP contribution in [0.5, 0.6) is 0 Å². The summed E-state index contributed by atoms with van der Waals surface area (Å²) in [6, 6.07) is 15.0. The lowest BCUT2D eigenvalue weighted by Gasteiger charge is -2.31. The van der Waals surface area contributed by atoms with Crippen LogP contribution in [0.1, 0.15) is 17.8 Å². The van der Waals surface area contributed by atoms with Crippen molar-refractivity contribution in [2.45, 2.75) is 29.8 Å². The fourth-order valence-electron chi connectivity index (χ4n) is 4.54. The maximum Gasteiger partial charge on any atom is 0.243 e. The summed E-state index contributed by atoms with van der Waals surface area (Å²) in [6.45, 7) is 3.16. The van der Waals surface area contributed by atoms with E-state index in [4.69, 9.17) is 4.74 Å². The standard InChI is InChI=1S/C25H30N6O4S2/c32-18-27-24-17-36-25(9-10-26-15-23-28-20-6-2-3-7-21(20)29-23)31(24)16-19-5-1-4-8-22(19)37(33,34)30-11-13-35-14-12-30/h1-8,17-18,25-26H,9-16H2,(H,27,32)(H,28,29). The molecule has 0 saturated carbocycles. The van der Waals surface area contributed by atoms with Gasteiger partial charge >= 0.3 is 0 Å². The zero-order valence-electron chi connectivity index (χ0n) is 20.3. The molecule has 3 N–H and O–H groups in total. The fourth-order valence-corrected chi connectivity index (χ4v) is 7.25. The van der Waals surface area contributed by atoms with Crippen LogP contribution in [0.2, 0.25) is 0 Å². The predicted octanol–water partition coefficient (Wildman–Crippen LogP) is 2.18. The number of aromatic amines is 1. The number of hydrogen-bond acceptors (Lipinski definition) is 8. The number of carbonyl (C=O) groups excluding carboxylic acids is 1. The Morgan fingerprint density at radius 1 is 1.14 bits per heavy atom. The summed E-state index contributed by atoms with van der Waals surface area (Å²) in [7, 11) is -3.66. The van der Waals surface area contributed by atoms with Crippen molar-refractivity contribution in [1.82, 2.24) is 29.8 Å². The second-order valence-corrected chi connectivity index (χ2v) is 11.7. The average molecular weight is 543 g/mol. The van der Waals surface area contributed by atoms with Crippen molar-refractivity contribution in [3.05, 3.63) is 71.1 Å². The number of para-hydroxylation sites is 2. The van der Waals surface area contributed by atoms with Crippen molar-refractivity contribution in [3.8, 4) is 0 Å². The van der Waals surface area contributed by atoms with Crippen LogP contribution in [0.4, 0.5) is 0 Å². The topological polar surface area (TPSA) is 120 Å². The van der Waals surface area contributed by atoms with Crippen molar-refractivity contribution < 1.29 is 17.9 Å².